The fraction of sp³-hybridized carbons (Fsp3) is 0.538. The molecule has 1 unspecified atom stereocenters. The van der Waals surface area contributed by atoms with E-state index >= 15 is 0 Å². The molecule has 1 aromatic carbocycles. The molecule has 100 valence electrons. The first-order valence-electron chi connectivity index (χ1n) is 6.10. The summed E-state index contributed by atoms with van der Waals surface area (Å²) in [5.41, 5.74) is 7.68. The minimum Gasteiger partial charge on any atom is -0.397 e. The molecule has 0 amide bonds. The van der Waals surface area contributed by atoms with Crippen molar-refractivity contribution in [2.75, 3.05) is 37.4 Å². The largest absolute Gasteiger partial charge is 0.397 e. The van der Waals surface area contributed by atoms with Crippen molar-refractivity contribution in [1.29, 1.82) is 0 Å². The second-order valence-corrected chi connectivity index (χ2v) is 5.55. The first-order valence-corrected chi connectivity index (χ1v) is 6.85. The number of nitrogens with two attached hydrogens (primary N) is 1. The van der Waals surface area contributed by atoms with E-state index in [1.165, 1.54) is 6.42 Å². The summed E-state index contributed by atoms with van der Waals surface area (Å²) in [6.45, 7) is 2.75. The van der Waals surface area contributed by atoms with E-state index in [2.05, 4.69) is 4.90 Å². The van der Waals surface area contributed by atoms with E-state index in [0.717, 1.165) is 31.8 Å². The van der Waals surface area contributed by atoms with Gasteiger partial charge in [0.15, 0.2) is 0 Å². The van der Waals surface area contributed by atoms with Crippen LogP contribution in [0.25, 0.3) is 0 Å². The van der Waals surface area contributed by atoms with Crippen LogP contribution < -0.4 is 10.6 Å². The molecule has 1 saturated heterocycles. The predicted octanol–water partition coefficient (Wildman–Crippen LogP) is 3.44. The lowest BCUT2D eigenvalue weighted by molar-refractivity contribution is 0.143. The fourth-order valence-electron chi connectivity index (χ4n) is 2.48. The van der Waals surface area contributed by atoms with Crippen LogP contribution in [-0.4, -0.2) is 26.8 Å². The van der Waals surface area contributed by atoms with Crippen LogP contribution in [0, 0.1) is 5.92 Å². The molecule has 2 rings (SSSR count). The van der Waals surface area contributed by atoms with E-state index in [1.54, 1.807) is 13.2 Å². The first-order chi connectivity index (χ1) is 8.61. The Morgan fingerprint density at radius 1 is 1.39 bits per heavy atom. The van der Waals surface area contributed by atoms with Crippen molar-refractivity contribution in [1.82, 2.24) is 0 Å². The zero-order valence-corrected chi connectivity index (χ0v) is 12.0. The zero-order chi connectivity index (χ0) is 13.1. The molecule has 1 atom stereocenters. The van der Waals surface area contributed by atoms with E-state index in [-0.39, 0.29) is 0 Å². The van der Waals surface area contributed by atoms with E-state index in [1.807, 2.05) is 6.07 Å². The number of hydrogen-bond acceptors (Lipinski definition) is 3. The number of hydrogen-bond donors (Lipinski definition) is 1. The summed E-state index contributed by atoms with van der Waals surface area (Å²) in [6, 6.07) is 3.58. The molecule has 0 saturated carbocycles. The standard InChI is InChI=1S/C13H18Cl2N2O/c1-18-8-9-3-2-4-17(7-9)13-6-11(15)10(14)5-12(13)16/h5-6,9H,2-4,7-8,16H2,1H3. The molecule has 0 spiro atoms. The number of nitrogen functional groups attached to an aromatic ring is 1. The maximum atomic E-state index is 6.06. The van der Waals surface area contributed by atoms with E-state index < -0.39 is 0 Å². The number of halogens is 2. The molecule has 0 aliphatic carbocycles. The Labute approximate surface area is 118 Å². The number of ether oxygens (including phenoxy) is 1. The van der Waals surface area contributed by atoms with Crippen LogP contribution in [-0.2, 0) is 4.74 Å². The summed E-state index contributed by atoms with van der Waals surface area (Å²) in [7, 11) is 1.74. The first kappa shape index (κ1) is 13.8. The maximum absolute atomic E-state index is 6.06. The number of rotatable bonds is 3. The number of nitrogens with zero attached hydrogens (tertiary/aromatic N) is 1. The average molecular weight is 289 g/mol. The molecule has 1 fully saturated rings. The number of anilines is 2. The molecule has 5 heteroatoms. The minimum absolute atomic E-state index is 0.503. The van der Waals surface area contributed by atoms with Gasteiger partial charge in [0.05, 0.1) is 28.0 Å². The van der Waals surface area contributed by atoms with Crippen LogP contribution in [0.4, 0.5) is 11.4 Å². The molecule has 0 aromatic heterocycles. The minimum atomic E-state index is 0.503. The van der Waals surface area contributed by atoms with E-state index in [0.29, 0.717) is 21.7 Å². The van der Waals surface area contributed by atoms with Crippen molar-refractivity contribution >= 4 is 34.6 Å². The van der Waals surface area contributed by atoms with Crippen molar-refractivity contribution in [3.05, 3.63) is 22.2 Å². The molecule has 3 nitrogen and oxygen atoms in total. The van der Waals surface area contributed by atoms with Crippen molar-refractivity contribution in [3.63, 3.8) is 0 Å². The molecule has 0 radical (unpaired) electrons. The van der Waals surface area contributed by atoms with Crippen molar-refractivity contribution < 1.29 is 4.74 Å². The second-order valence-electron chi connectivity index (χ2n) is 4.73. The van der Waals surface area contributed by atoms with Crippen LogP contribution in [0.15, 0.2) is 12.1 Å². The lowest BCUT2D eigenvalue weighted by atomic mass is 9.98. The maximum Gasteiger partial charge on any atom is 0.0616 e. The Bertz CT molecular complexity index is 424. The van der Waals surface area contributed by atoms with E-state index in [4.69, 9.17) is 33.7 Å². The molecule has 1 heterocycles. The van der Waals surface area contributed by atoms with Crippen LogP contribution in [0.5, 0.6) is 0 Å². The summed E-state index contributed by atoms with van der Waals surface area (Å²) in [4.78, 5) is 2.27. The Balaban J connectivity index is 2.18. The Kier molecular flexibility index (Phi) is 4.60. The Morgan fingerprint density at radius 3 is 2.83 bits per heavy atom. The van der Waals surface area contributed by atoms with Crippen LogP contribution >= 0.6 is 23.2 Å². The predicted molar refractivity (Wildman–Crippen MR) is 77.7 cm³/mol. The highest BCUT2D eigenvalue weighted by Crippen LogP contribution is 2.35. The van der Waals surface area contributed by atoms with Gasteiger partial charge in [-0.15, -0.1) is 0 Å². The molecule has 1 aliphatic heterocycles. The van der Waals surface area contributed by atoms with Gasteiger partial charge in [-0.3, -0.25) is 0 Å². The molecule has 18 heavy (non-hydrogen) atoms. The highest BCUT2D eigenvalue weighted by atomic mass is 35.5. The summed E-state index contributed by atoms with van der Waals surface area (Å²) in [5, 5.41) is 1.05. The third-order valence-corrected chi connectivity index (χ3v) is 4.05. The van der Waals surface area contributed by atoms with Crippen molar-refractivity contribution in [3.8, 4) is 0 Å². The van der Waals surface area contributed by atoms with E-state index in [9.17, 15) is 0 Å². The second kappa shape index (κ2) is 6.00. The van der Waals surface area contributed by atoms with Gasteiger partial charge in [0, 0.05) is 20.2 Å². The third kappa shape index (κ3) is 3.02. The number of piperidine rings is 1. The molecule has 1 aromatic rings. The monoisotopic (exact) mass is 288 g/mol. The van der Waals surface area contributed by atoms with Crippen LogP contribution in [0.2, 0.25) is 10.0 Å². The third-order valence-electron chi connectivity index (χ3n) is 3.33. The van der Waals surface area contributed by atoms with Crippen molar-refractivity contribution in [2.45, 2.75) is 12.8 Å². The smallest absolute Gasteiger partial charge is 0.0616 e. The SMILES string of the molecule is COCC1CCCN(c2cc(Cl)c(Cl)cc2N)C1. The van der Waals surface area contributed by atoms with Gasteiger partial charge in [-0.05, 0) is 30.9 Å². The highest BCUT2D eigenvalue weighted by molar-refractivity contribution is 6.42. The molecule has 1 aliphatic rings. The van der Waals surface area contributed by atoms with Gasteiger partial charge in [0.25, 0.3) is 0 Å². The summed E-state index contributed by atoms with van der Waals surface area (Å²) in [5.74, 6) is 0.553. The zero-order valence-electron chi connectivity index (χ0n) is 10.5. The highest BCUT2D eigenvalue weighted by Gasteiger charge is 2.22. The molecule has 0 bridgehead atoms. The molecule has 2 N–H and O–H groups in total. The Hall–Kier alpha value is -0.640. The van der Waals surface area contributed by atoms with Gasteiger partial charge < -0.3 is 15.4 Å². The topological polar surface area (TPSA) is 38.5 Å². The van der Waals surface area contributed by atoms with Gasteiger partial charge in [-0.1, -0.05) is 23.2 Å². The van der Waals surface area contributed by atoms with Gasteiger partial charge in [-0.2, -0.15) is 0 Å². The summed E-state index contributed by atoms with van der Waals surface area (Å²) in [6.07, 6.45) is 2.35. The van der Waals surface area contributed by atoms with Crippen LogP contribution in [0.1, 0.15) is 12.8 Å². The fourth-order valence-corrected chi connectivity index (χ4v) is 2.81. The lowest BCUT2D eigenvalue weighted by Gasteiger charge is -2.35. The molecular formula is C13H18Cl2N2O. The molecular weight excluding hydrogens is 271 g/mol. The van der Waals surface area contributed by atoms with Gasteiger partial charge in [0.2, 0.25) is 0 Å². The Morgan fingerprint density at radius 2 is 2.11 bits per heavy atom. The van der Waals surface area contributed by atoms with Crippen molar-refractivity contribution in [2.24, 2.45) is 5.92 Å². The normalized spacial score (nSPS) is 20.2. The number of benzene rings is 1. The summed E-state index contributed by atoms with van der Waals surface area (Å²) < 4.78 is 5.23. The average Bonchev–Trinajstić information content (AvgIpc) is 2.34. The van der Waals surface area contributed by atoms with Gasteiger partial charge >= 0.3 is 0 Å². The number of methoxy groups -OCH3 is 1. The van der Waals surface area contributed by atoms with Crippen LogP contribution in [0.3, 0.4) is 0 Å². The van der Waals surface area contributed by atoms with Gasteiger partial charge in [0.1, 0.15) is 0 Å². The lowest BCUT2D eigenvalue weighted by Crippen LogP contribution is -2.37. The quantitative estimate of drug-likeness (QED) is 0.866. The van der Waals surface area contributed by atoms with Gasteiger partial charge in [-0.25, -0.2) is 0 Å². The summed E-state index contributed by atoms with van der Waals surface area (Å²) >= 11 is 12.0.